The third kappa shape index (κ3) is 2.12. The van der Waals surface area contributed by atoms with Crippen LogP contribution in [0.5, 0.6) is 0 Å². The Morgan fingerprint density at radius 3 is 2.50 bits per heavy atom. The minimum atomic E-state index is 0.314. The summed E-state index contributed by atoms with van der Waals surface area (Å²) in [4.78, 5) is 0. The van der Waals surface area contributed by atoms with Crippen molar-refractivity contribution in [2.75, 3.05) is 13.2 Å². The van der Waals surface area contributed by atoms with Crippen LogP contribution in [0.25, 0.3) is 0 Å². The molecule has 0 bridgehead atoms. The first-order chi connectivity index (χ1) is 6.84. The van der Waals surface area contributed by atoms with E-state index in [0.717, 1.165) is 37.4 Å². The molecule has 0 heterocycles. The number of ether oxygens (including phenoxy) is 1. The molecule has 2 aliphatic rings. The first-order valence-electron chi connectivity index (χ1n) is 6.18. The molecule has 2 rings (SSSR count). The molecule has 2 nitrogen and oxygen atoms in total. The van der Waals surface area contributed by atoms with Gasteiger partial charge >= 0.3 is 0 Å². The molecule has 14 heavy (non-hydrogen) atoms. The van der Waals surface area contributed by atoms with Gasteiger partial charge in [-0.15, -0.1) is 0 Å². The maximum atomic E-state index is 6.15. The maximum Gasteiger partial charge on any atom is 0.0620 e. The minimum absolute atomic E-state index is 0.314. The van der Waals surface area contributed by atoms with E-state index in [9.17, 15) is 0 Å². The zero-order valence-corrected chi connectivity index (χ0v) is 9.24. The summed E-state index contributed by atoms with van der Waals surface area (Å²) in [5.41, 5.74) is 6.15. The molecule has 0 aromatic heterocycles. The highest BCUT2D eigenvalue weighted by Gasteiger charge is 2.52. The molecular formula is C12H23NO. The average molecular weight is 197 g/mol. The third-order valence-corrected chi connectivity index (χ3v) is 3.88. The van der Waals surface area contributed by atoms with E-state index in [-0.39, 0.29) is 0 Å². The summed E-state index contributed by atoms with van der Waals surface area (Å²) in [6, 6.07) is 0.314. The van der Waals surface area contributed by atoms with E-state index in [1.807, 2.05) is 0 Å². The zero-order chi connectivity index (χ0) is 9.97. The van der Waals surface area contributed by atoms with E-state index in [0.29, 0.717) is 6.04 Å². The molecule has 2 aliphatic carbocycles. The Morgan fingerprint density at radius 1 is 1.29 bits per heavy atom. The van der Waals surface area contributed by atoms with Crippen LogP contribution < -0.4 is 5.73 Å². The van der Waals surface area contributed by atoms with Crippen molar-refractivity contribution in [3.05, 3.63) is 0 Å². The van der Waals surface area contributed by atoms with Gasteiger partial charge in [0.05, 0.1) is 6.61 Å². The predicted octanol–water partition coefficient (Wildman–Crippen LogP) is 2.18. The quantitative estimate of drug-likeness (QED) is 0.686. The highest BCUT2D eigenvalue weighted by atomic mass is 16.5. The van der Waals surface area contributed by atoms with Gasteiger partial charge in [-0.3, -0.25) is 0 Å². The van der Waals surface area contributed by atoms with Crippen LogP contribution in [0.2, 0.25) is 0 Å². The van der Waals surface area contributed by atoms with Gasteiger partial charge in [-0.2, -0.15) is 0 Å². The van der Waals surface area contributed by atoms with Gasteiger partial charge in [0, 0.05) is 12.6 Å². The smallest absolute Gasteiger partial charge is 0.0620 e. The summed E-state index contributed by atoms with van der Waals surface area (Å²) in [7, 11) is 0. The number of nitrogens with two attached hydrogens (primary N) is 1. The van der Waals surface area contributed by atoms with Crippen molar-refractivity contribution in [1.82, 2.24) is 0 Å². The second-order valence-corrected chi connectivity index (χ2v) is 4.93. The molecule has 2 saturated carbocycles. The van der Waals surface area contributed by atoms with E-state index in [1.165, 1.54) is 25.7 Å². The lowest BCUT2D eigenvalue weighted by molar-refractivity contribution is 0.114. The Hall–Kier alpha value is -0.0800. The van der Waals surface area contributed by atoms with Gasteiger partial charge in [0.2, 0.25) is 0 Å². The van der Waals surface area contributed by atoms with Crippen molar-refractivity contribution >= 4 is 0 Å². The third-order valence-electron chi connectivity index (χ3n) is 3.88. The number of hydrogen-bond acceptors (Lipinski definition) is 2. The van der Waals surface area contributed by atoms with E-state index >= 15 is 0 Å². The summed E-state index contributed by atoms with van der Waals surface area (Å²) < 4.78 is 5.53. The fourth-order valence-corrected chi connectivity index (χ4v) is 3.16. The Bertz CT molecular complexity index is 171. The average Bonchev–Trinajstić information content (AvgIpc) is 2.92. The molecule has 0 aromatic carbocycles. The fraction of sp³-hybridized carbons (Fsp3) is 1.00. The SMILES string of the molecule is CCCOCC(N)C1C2CCCCC21. The lowest BCUT2D eigenvalue weighted by Crippen LogP contribution is -2.30. The van der Waals surface area contributed by atoms with Crippen LogP contribution in [-0.4, -0.2) is 19.3 Å². The lowest BCUT2D eigenvalue weighted by Gasteiger charge is -2.11. The van der Waals surface area contributed by atoms with Crippen LogP contribution in [-0.2, 0) is 4.74 Å². The first-order valence-corrected chi connectivity index (χ1v) is 6.18. The van der Waals surface area contributed by atoms with Crippen molar-refractivity contribution in [2.45, 2.75) is 45.1 Å². The van der Waals surface area contributed by atoms with Crippen LogP contribution in [0.4, 0.5) is 0 Å². The monoisotopic (exact) mass is 197 g/mol. The Kier molecular flexibility index (Phi) is 3.45. The van der Waals surface area contributed by atoms with Crippen LogP contribution in [0.1, 0.15) is 39.0 Å². The number of fused-ring (bicyclic) bond motifs is 1. The summed E-state index contributed by atoms with van der Waals surface area (Å²) in [5.74, 6) is 2.72. The first kappa shape index (κ1) is 10.4. The predicted molar refractivity (Wildman–Crippen MR) is 58.0 cm³/mol. The molecule has 0 saturated heterocycles. The van der Waals surface area contributed by atoms with E-state index in [2.05, 4.69) is 6.92 Å². The van der Waals surface area contributed by atoms with Gasteiger partial charge in [-0.05, 0) is 37.0 Å². The standard InChI is InChI=1S/C12H23NO/c1-2-7-14-8-11(13)12-9-5-3-4-6-10(9)12/h9-12H,2-8,13H2,1H3. The Labute approximate surface area is 87.2 Å². The van der Waals surface area contributed by atoms with Gasteiger partial charge in [0.1, 0.15) is 0 Å². The molecule has 0 aromatic rings. The summed E-state index contributed by atoms with van der Waals surface area (Å²) >= 11 is 0. The van der Waals surface area contributed by atoms with Crippen molar-refractivity contribution in [3.8, 4) is 0 Å². The van der Waals surface area contributed by atoms with Gasteiger partial charge in [0.15, 0.2) is 0 Å². The molecular weight excluding hydrogens is 174 g/mol. The molecule has 3 atom stereocenters. The molecule has 0 radical (unpaired) electrons. The molecule has 0 spiro atoms. The minimum Gasteiger partial charge on any atom is -0.380 e. The normalized spacial score (nSPS) is 37.7. The van der Waals surface area contributed by atoms with Crippen LogP contribution in [0, 0.1) is 17.8 Å². The second-order valence-electron chi connectivity index (χ2n) is 4.93. The molecule has 2 fully saturated rings. The molecule has 2 N–H and O–H groups in total. The van der Waals surface area contributed by atoms with Crippen molar-refractivity contribution in [3.63, 3.8) is 0 Å². The van der Waals surface area contributed by atoms with E-state index in [4.69, 9.17) is 10.5 Å². The highest BCUT2D eigenvalue weighted by Crippen LogP contribution is 2.56. The van der Waals surface area contributed by atoms with Gasteiger partial charge < -0.3 is 10.5 Å². The van der Waals surface area contributed by atoms with Crippen molar-refractivity contribution in [2.24, 2.45) is 23.5 Å². The topological polar surface area (TPSA) is 35.2 Å². The molecule has 82 valence electrons. The van der Waals surface area contributed by atoms with Gasteiger partial charge in [0.25, 0.3) is 0 Å². The summed E-state index contributed by atoms with van der Waals surface area (Å²) in [6.07, 6.45) is 6.82. The molecule has 3 unspecified atom stereocenters. The molecule has 0 aliphatic heterocycles. The maximum absolute atomic E-state index is 6.15. The Balaban J connectivity index is 1.69. The zero-order valence-electron chi connectivity index (χ0n) is 9.24. The summed E-state index contributed by atoms with van der Waals surface area (Å²) in [5, 5.41) is 0. The summed E-state index contributed by atoms with van der Waals surface area (Å²) in [6.45, 7) is 3.80. The molecule has 2 heteroatoms. The Morgan fingerprint density at radius 2 is 1.93 bits per heavy atom. The van der Waals surface area contributed by atoms with Crippen molar-refractivity contribution in [1.29, 1.82) is 0 Å². The number of rotatable bonds is 5. The lowest BCUT2D eigenvalue weighted by atomic mass is 10.0. The fourth-order valence-electron chi connectivity index (χ4n) is 3.16. The highest BCUT2D eigenvalue weighted by molar-refractivity contribution is 5.03. The van der Waals surface area contributed by atoms with Crippen LogP contribution in [0.3, 0.4) is 0 Å². The van der Waals surface area contributed by atoms with Crippen molar-refractivity contribution < 1.29 is 4.74 Å². The second kappa shape index (κ2) is 4.63. The van der Waals surface area contributed by atoms with Crippen LogP contribution in [0.15, 0.2) is 0 Å². The largest absolute Gasteiger partial charge is 0.380 e. The van der Waals surface area contributed by atoms with E-state index < -0.39 is 0 Å². The van der Waals surface area contributed by atoms with Crippen LogP contribution >= 0.6 is 0 Å². The van der Waals surface area contributed by atoms with Gasteiger partial charge in [-0.1, -0.05) is 19.8 Å². The molecule has 0 amide bonds. The number of hydrogen-bond donors (Lipinski definition) is 1. The van der Waals surface area contributed by atoms with Gasteiger partial charge in [-0.25, -0.2) is 0 Å². The van der Waals surface area contributed by atoms with E-state index in [1.54, 1.807) is 0 Å².